The summed E-state index contributed by atoms with van der Waals surface area (Å²) in [5.41, 5.74) is 1.03. The molecule has 1 rings (SSSR count). The predicted octanol–water partition coefficient (Wildman–Crippen LogP) is 1.76. The minimum Gasteiger partial charge on any atom is -0.481 e. The fraction of sp³-hybridized carbons (Fsp3) is 0.385. The molecule has 0 heterocycles. The fourth-order valence-corrected chi connectivity index (χ4v) is 1.45. The molecule has 0 spiro atoms. The van der Waals surface area contributed by atoms with E-state index in [2.05, 4.69) is 0 Å². The van der Waals surface area contributed by atoms with Crippen LogP contribution in [0.25, 0.3) is 0 Å². The number of aliphatic carboxylic acids is 1. The first-order valence-corrected chi connectivity index (χ1v) is 5.51. The molecule has 17 heavy (non-hydrogen) atoms. The van der Waals surface area contributed by atoms with E-state index >= 15 is 0 Å². The van der Waals surface area contributed by atoms with Gasteiger partial charge in [0.2, 0.25) is 5.91 Å². The Kier molecular flexibility index (Phi) is 4.69. The zero-order valence-electron chi connectivity index (χ0n) is 10.1. The second-order valence-electron chi connectivity index (χ2n) is 4.18. The van der Waals surface area contributed by atoms with Gasteiger partial charge in [-0.1, -0.05) is 37.3 Å². The molecular formula is C13H17NO3. The van der Waals surface area contributed by atoms with Crippen LogP contribution in [-0.2, 0) is 16.1 Å². The number of hydrogen-bond donors (Lipinski definition) is 1. The van der Waals surface area contributed by atoms with Gasteiger partial charge in [-0.05, 0) is 5.56 Å². The van der Waals surface area contributed by atoms with E-state index in [9.17, 15) is 9.59 Å². The van der Waals surface area contributed by atoms with Crippen molar-refractivity contribution in [2.24, 2.45) is 5.92 Å². The molecule has 1 aromatic rings. The van der Waals surface area contributed by atoms with E-state index in [0.717, 1.165) is 5.56 Å². The highest BCUT2D eigenvalue weighted by atomic mass is 16.4. The lowest BCUT2D eigenvalue weighted by Gasteiger charge is -2.18. The average molecular weight is 235 g/mol. The molecule has 0 aliphatic carbocycles. The van der Waals surface area contributed by atoms with Crippen molar-refractivity contribution in [3.63, 3.8) is 0 Å². The first-order chi connectivity index (χ1) is 8.00. The van der Waals surface area contributed by atoms with Crippen LogP contribution in [0.4, 0.5) is 0 Å². The molecule has 4 nitrogen and oxygen atoms in total. The number of hydrogen-bond acceptors (Lipinski definition) is 2. The first-order valence-electron chi connectivity index (χ1n) is 5.51. The van der Waals surface area contributed by atoms with Crippen molar-refractivity contribution in [3.8, 4) is 0 Å². The van der Waals surface area contributed by atoms with E-state index in [4.69, 9.17) is 5.11 Å². The van der Waals surface area contributed by atoms with Crippen LogP contribution >= 0.6 is 0 Å². The fourth-order valence-electron chi connectivity index (χ4n) is 1.45. The second kappa shape index (κ2) is 6.03. The van der Waals surface area contributed by atoms with Crippen LogP contribution in [-0.4, -0.2) is 28.9 Å². The molecule has 1 N–H and O–H groups in total. The maximum Gasteiger partial charge on any atom is 0.306 e. The molecule has 1 unspecified atom stereocenters. The highest BCUT2D eigenvalue weighted by Crippen LogP contribution is 2.08. The molecule has 0 aliphatic heterocycles. The summed E-state index contributed by atoms with van der Waals surface area (Å²) in [5, 5.41) is 8.73. The minimum atomic E-state index is -0.938. The molecule has 4 heteroatoms. The van der Waals surface area contributed by atoms with Gasteiger partial charge in [0.1, 0.15) is 0 Å². The summed E-state index contributed by atoms with van der Waals surface area (Å²) >= 11 is 0. The Labute approximate surface area is 101 Å². The van der Waals surface area contributed by atoms with Gasteiger partial charge in [0.05, 0.1) is 5.92 Å². The van der Waals surface area contributed by atoms with Crippen molar-refractivity contribution in [1.82, 2.24) is 4.90 Å². The third kappa shape index (κ3) is 4.26. The van der Waals surface area contributed by atoms with Gasteiger partial charge < -0.3 is 10.0 Å². The second-order valence-corrected chi connectivity index (χ2v) is 4.18. The van der Waals surface area contributed by atoms with Crippen LogP contribution in [0.5, 0.6) is 0 Å². The van der Waals surface area contributed by atoms with E-state index in [1.165, 1.54) is 6.92 Å². The molecule has 0 saturated carbocycles. The van der Waals surface area contributed by atoms with Gasteiger partial charge in [-0.25, -0.2) is 0 Å². The predicted molar refractivity (Wildman–Crippen MR) is 64.3 cm³/mol. The van der Waals surface area contributed by atoms with Crippen molar-refractivity contribution in [3.05, 3.63) is 35.9 Å². The molecule has 0 saturated heterocycles. The number of carboxylic acids is 1. The monoisotopic (exact) mass is 235 g/mol. The number of carbonyl (C=O) groups excluding carboxylic acids is 1. The normalized spacial score (nSPS) is 11.9. The molecule has 0 aliphatic rings. The number of rotatable bonds is 5. The van der Waals surface area contributed by atoms with Crippen molar-refractivity contribution < 1.29 is 14.7 Å². The van der Waals surface area contributed by atoms with Crippen LogP contribution in [0.15, 0.2) is 30.3 Å². The Morgan fingerprint density at radius 2 is 1.88 bits per heavy atom. The molecule has 0 fully saturated rings. The van der Waals surface area contributed by atoms with Crippen LogP contribution in [0.1, 0.15) is 18.9 Å². The first kappa shape index (κ1) is 13.2. The molecule has 1 amide bonds. The maximum absolute atomic E-state index is 11.7. The van der Waals surface area contributed by atoms with Crippen LogP contribution in [0.2, 0.25) is 0 Å². The Balaban J connectivity index is 2.50. The number of benzene rings is 1. The van der Waals surface area contributed by atoms with Gasteiger partial charge in [0.25, 0.3) is 0 Å². The molecule has 0 radical (unpaired) electrons. The third-order valence-corrected chi connectivity index (χ3v) is 2.59. The SMILES string of the molecule is CC(CC(=O)N(C)Cc1ccccc1)C(=O)O. The largest absolute Gasteiger partial charge is 0.481 e. The summed E-state index contributed by atoms with van der Waals surface area (Å²) in [7, 11) is 1.68. The number of carboxylic acid groups (broad SMARTS) is 1. The van der Waals surface area contributed by atoms with Gasteiger partial charge in [-0.3, -0.25) is 9.59 Å². The van der Waals surface area contributed by atoms with Crippen LogP contribution in [0, 0.1) is 5.92 Å². The Hall–Kier alpha value is -1.84. The summed E-state index contributed by atoms with van der Waals surface area (Å²) in [6.45, 7) is 2.04. The molecule has 0 bridgehead atoms. The summed E-state index contributed by atoms with van der Waals surface area (Å²) in [6.07, 6.45) is 0.0403. The van der Waals surface area contributed by atoms with Crippen molar-refractivity contribution in [2.45, 2.75) is 19.9 Å². The van der Waals surface area contributed by atoms with Crippen molar-refractivity contribution in [1.29, 1.82) is 0 Å². The van der Waals surface area contributed by atoms with Gasteiger partial charge >= 0.3 is 5.97 Å². The quantitative estimate of drug-likeness (QED) is 0.846. The van der Waals surface area contributed by atoms with Gasteiger partial charge in [0.15, 0.2) is 0 Å². The zero-order valence-corrected chi connectivity index (χ0v) is 10.1. The Morgan fingerprint density at radius 1 is 1.29 bits per heavy atom. The zero-order chi connectivity index (χ0) is 12.8. The lowest BCUT2D eigenvalue weighted by Crippen LogP contribution is -2.29. The summed E-state index contributed by atoms with van der Waals surface area (Å²) < 4.78 is 0. The lowest BCUT2D eigenvalue weighted by molar-refractivity contribution is -0.145. The highest BCUT2D eigenvalue weighted by molar-refractivity contribution is 5.81. The van der Waals surface area contributed by atoms with Gasteiger partial charge in [0, 0.05) is 20.0 Å². The molecule has 92 valence electrons. The number of carbonyl (C=O) groups is 2. The van der Waals surface area contributed by atoms with E-state index in [-0.39, 0.29) is 12.3 Å². The van der Waals surface area contributed by atoms with Crippen molar-refractivity contribution >= 4 is 11.9 Å². The Bertz CT molecular complexity index is 389. The van der Waals surface area contributed by atoms with Gasteiger partial charge in [-0.15, -0.1) is 0 Å². The topological polar surface area (TPSA) is 57.6 Å². The lowest BCUT2D eigenvalue weighted by atomic mass is 10.1. The standard InChI is InChI=1S/C13H17NO3/c1-10(13(16)17)8-12(15)14(2)9-11-6-4-3-5-7-11/h3-7,10H,8-9H2,1-2H3,(H,16,17). The smallest absolute Gasteiger partial charge is 0.306 e. The summed E-state index contributed by atoms with van der Waals surface area (Å²) in [6, 6.07) is 9.60. The minimum absolute atomic E-state index is 0.0403. The highest BCUT2D eigenvalue weighted by Gasteiger charge is 2.18. The van der Waals surface area contributed by atoms with Crippen LogP contribution in [0.3, 0.4) is 0 Å². The average Bonchev–Trinajstić information content (AvgIpc) is 2.29. The Morgan fingerprint density at radius 3 is 2.41 bits per heavy atom. The summed E-state index contributed by atoms with van der Waals surface area (Å²) in [4.78, 5) is 23.9. The van der Waals surface area contributed by atoms with Gasteiger partial charge in [-0.2, -0.15) is 0 Å². The maximum atomic E-state index is 11.7. The van der Waals surface area contributed by atoms with Crippen LogP contribution < -0.4 is 0 Å². The van der Waals surface area contributed by atoms with E-state index < -0.39 is 11.9 Å². The summed E-state index contributed by atoms with van der Waals surface area (Å²) in [5.74, 6) is -1.73. The molecule has 0 aromatic heterocycles. The molecule has 1 aromatic carbocycles. The molecular weight excluding hydrogens is 218 g/mol. The van der Waals surface area contributed by atoms with E-state index in [1.807, 2.05) is 30.3 Å². The van der Waals surface area contributed by atoms with Crippen molar-refractivity contribution in [2.75, 3.05) is 7.05 Å². The van der Waals surface area contributed by atoms with E-state index in [0.29, 0.717) is 6.54 Å². The third-order valence-electron chi connectivity index (χ3n) is 2.59. The number of amides is 1. The van der Waals surface area contributed by atoms with E-state index in [1.54, 1.807) is 11.9 Å². The molecule has 1 atom stereocenters. The number of nitrogens with zero attached hydrogens (tertiary/aromatic N) is 1.